The molecule has 0 spiro atoms. The van der Waals surface area contributed by atoms with Gasteiger partial charge in [0.15, 0.2) is 0 Å². The van der Waals surface area contributed by atoms with Gasteiger partial charge in [0, 0.05) is 11.6 Å². The summed E-state index contributed by atoms with van der Waals surface area (Å²) in [5.74, 6) is 0.605. The smallest absolute Gasteiger partial charge is 0.252 e. The van der Waals surface area contributed by atoms with Crippen molar-refractivity contribution in [1.82, 2.24) is 10.6 Å². The predicted octanol–water partition coefficient (Wildman–Crippen LogP) is 3.83. The minimum atomic E-state index is -0.504. The van der Waals surface area contributed by atoms with Crippen molar-refractivity contribution in [2.24, 2.45) is 11.8 Å². The normalized spacial score (nSPS) is 21.6. The molecule has 25 heavy (non-hydrogen) atoms. The van der Waals surface area contributed by atoms with Gasteiger partial charge in [0.2, 0.25) is 5.91 Å². The molecule has 1 unspecified atom stereocenters. The van der Waals surface area contributed by atoms with Crippen molar-refractivity contribution in [3.05, 3.63) is 35.4 Å². The zero-order valence-electron chi connectivity index (χ0n) is 16.0. The van der Waals surface area contributed by atoms with Gasteiger partial charge in [-0.3, -0.25) is 9.59 Å². The second-order valence-electron chi connectivity index (χ2n) is 7.64. The van der Waals surface area contributed by atoms with Gasteiger partial charge in [0.1, 0.15) is 6.04 Å². The van der Waals surface area contributed by atoms with Gasteiger partial charge in [-0.2, -0.15) is 0 Å². The van der Waals surface area contributed by atoms with E-state index in [-0.39, 0.29) is 23.8 Å². The fourth-order valence-corrected chi connectivity index (χ4v) is 3.59. The molecule has 0 aromatic heterocycles. The van der Waals surface area contributed by atoms with E-state index >= 15 is 0 Å². The van der Waals surface area contributed by atoms with Crippen molar-refractivity contribution in [2.45, 2.75) is 71.9 Å². The Morgan fingerprint density at radius 1 is 1.12 bits per heavy atom. The van der Waals surface area contributed by atoms with Gasteiger partial charge in [0.25, 0.3) is 5.91 Å². The molecule has 4 nitrogen and oxygen atoms in total. The van der Waals surface area contributed by atoms with Crippen LogP contribution in [0.5, 0.6) is 0 Å². The Morgan fingerprint density at radius 2 is 1.76 bits per heavy atom. The second kappa shape index (κ2) is 9.02. The van der Waals surface area contributed by atoms with Gasteiger partial charge in [-0.15, -0.1) is 0 Å². The van der Waals surface area contributed by atoms with Crippen molar-refractivity contribution in [1.29, 1.82) is 0 Å². The van der Waals surface area contributed by atoms with Crippen molar-refractivity contribution < 1.29 is 9.59 Å². The maximum Gasteiger partial charge on any atom is 0.252 e. The fourth-order valence-electron chi connectivity index (χ4n) is 3.59. The van der Waals surface area contributed by atoms with Crippen molar-refractivity contribution in [2.75, 3.05) is 0 Å². The van der Waals surface area contributed by atoms with Crippen LogP contribution in [0, 0.1) is 18.8 Å². The molecule has 2 amide bonds. The van der Waals surface area contributed by atoms with Crippen molar-refractivity contribution in [3.63, 3.8) is 0 Å². The van der Waals surface area contributed by atoms with Crippen molar-refractivity contribution in [3.8, 4) is 0 Å². The van der Waals surface area contributed by atoms with Crippen LogP contribution in [0.25, 0.3) is 0 Å². The average Bonchev–Trinajstić information content (AvgIpc) is 2.60. The lowest BCUT2D eigenvalue weighted by atomic mass is 9.84. The largest absolute Gasteiger partial charge is 0.352 e. The molecular formula is C21H32N2O2. The van der Waals surface area contributed by atoms with E-state index in [4.69, 9.17) is 0 Å². The first-order valence-electron chi connectivity index (χ1n) is 9.59. The molecule has 4 heteroatoms. The molecule has 138 valence electrons. The Bertz CT molecular complexity index is 589. The predicted molar refractivity (Wildman–Crippen MR) is 101 cm³/mol. The molecule has 0 bridgehead atoms. The minimum absolute atomic E-state index is 0.0416. The Morgan fingerprint density at radius 3 is 2.32 bits per heavy atom. The topological polar surface area (TPSA) is 58.2 Å². The Labute approximate surface area is 151 Å². The molecule has 1 aromatic carbocycles. The number of benzene rings is 1. The maximum absolute atomic E-state index is 12.7. The van der Waals surface area contributed by atoms with Crippen LogP contribution >= 0.6 is 0 Å². The first kappa shape index (κ1) is 19.5. The van der Waals surface area contributed by atoms with Gasteiger partial charge in [-0.05, 0) is 56.1 Å². The molecular weight excluding hydrogens is 312 g/mol. The van der Waals surface area contributed by atoms with E-state index < -0.39 is 6.04 Å². The first-order valence-corrected chi connectivity index (χ1v) is 9.59. The lowest BCUT2D eigenvalue weighted by Crippen LogP contribution is -2.52. The standard InChI is InChI=1S/C21H32N2O2/c1-5-16-10-12-17(13-11-16)22-21(25)19(14(2)3)23-20(24)18-9-7-6-8-15(18)4/h6-9,14,16-17,19H,5,10-13H2,1-4H3,(H,22,25)(H,23,24). The molecule has 1 saturated carbocycles. The number of hydrogen-bond acceptors (Lipinski definition) is 2. The highest BCUT2D eigenvalue weighted by Gasteiger charge is 2.28. The van der Waals surface area contributed by atoms with Crippen LogP contribution in [-0.4, -0.2) is 23.9 Å². The van der Waals surface area contributed by atoms with E-state index in [1.165, 1.54) is 19.3 Å². The number of rotatable bonds is 6. The van der Waals surface area contributed by atoms with Crippen LogP contribution in [0.3, 0.4) is 0 Å². The number of aryl methyl sites for hydroxylation is 1. The lowest BCUT2D eigenvalue weighted by molar-refractivity contribution is -0.124. The van der Waals surface area contributed by atoms with E-state index in [0.29, 0.717) is 5.56 Å². The van der Waals surface area contributed by atoms with Gasteiger partial charge in [-0.25, -0.2) is 0 Å². The van der Waals surface area contributed by atoms with Crippen LogP contribution in [0.15, 0.2) is 24.3 Å². The van der Waals surface area contributed by atoms with E-state index in [2.05, 4.69) is 17.6 Å². The SMILES string of the molecule is CCC1CCC(NC(=O)C(NC(=O)c2ccccc2C)C(C)C)CC1. The summed E-state index contributed by atoms with van der Waals surface area (Å²) < 4.78 is 0. The molecule has 0 radical (unpaired) electrons. The van der Waals surface area contributed by atoms with Crippen LogP contribution in [0.2, 0.25) is 0 Å². The number of hydrogen-bond donors (Lipinski definition) is 2. The summed E-state index contributed by atoms with van der Waals surface area (Å²) in [5.41, 5.74) is 1.55. The molecule has 2 rings (SSSR count). The van der Waals surface area contributed by atoms with Crippen molar-refractivity contribution >= 4 is 11.8 Å². The molecule has 1 aromatic rings. The number of nitrogens with one attached hydrogen (secondary N) is 2. The third kappa shape index (κ3) is 5.32. The summed E-state index contributed by atoms with van der Waals surface area (Å²) in [5, 5.41) is 6.09. The molecule has 0 aliphatic heterocycles. The highest BCUT2D eigenvalue weighted by molar-refractivity contribution is 5.98. The number of carbonyl (C=O) groups excluding carboxylic acids is 2. The zero-order chi connectivity index (χ0) is 18.4. The summed E-state index contributed by atoms with van der Waals surface area (Å²) >= 11 is 0. The third-order valence-electron chi connectivity index (χ3n) is 5.40. The molecule has 0 saturated heterocycles. The first-order chi connectivity index (χ1) is 11.9. The molecule has 0 heterocycles. The van der Waals surface area contributed by atoms with Gasteiger partial charge in [0.05, 0.1) is 0 Å². The van der Waals surface area contributed by atoms with Crippen LogP contribution in [0.4, 0.5) is 0 Å². The van der Waals surface area contributed by atoms with E-state index in [1.54, 1.807) is 6.07 Å². The molecule has 1 fully saturated rings. The summed E-state index contributed by atoms with van der Waals surface area (Å²) in [6.07, 6.45) is 5.68. The minimum Gasteiger partial charge on any atom is -0.352 e. The highest BCUT2D eigenvalue weighted by atomic mass is 16.2. The summed E-state index contributed by atoms with van der Waals surface area (Å²) in [4.78, 5) is 25.3. The van der Waals surface area contributed by atoms with Gasteiger partial charge < -0.3 is 10.6 Å². The average molecular weight is 344 g/mol. The third-order valence-corrected chi connectivity index (χ3v) is 5.40. The van der Waals surface area contributed by atoms with Crippen LogP contribution in [-0.2, 0) is 4.79 Å². The Kier molecular flexibility index (Phi) is 7.03. The maximum atomic E-state index is 12.7. The van der Waals surface area contributed by atoms with E-state index in [1.807, 2.05) is 39.0 Å². The lowest BCUT2D eigenvalue weighted by Gasteiger charge is -2.30. The zero-order valence-corrected chi connectivity index (χ0v) is 16.0. The van der Waals surface area contributed by atoms with Crippen LogP contribution < -0.4 is 10.6 Å². The van der Waals surface area contributed by atoms with Gasteiger partial charge in [-0.1, -0.05) is 45.4 Å². The fraction of sp³-hybridized carbons (Fsp3) is 0.619. The highest BCUT2D eigenvalue weighted by Crippen LogP contribution is 2.26. The summed E-state index contributed by atoms with van der Waals surface area (Å²) in [7, 11) is 0. The van der Waals surface area contributed by atoms with E-state index in [9.17, 15) is 9.59 Å². The monoisotopic (exact) mass is 344 g/mol. The Hall–Kier alpha value is -1.84. The quantitative estimate of drug-likeness (QED) is 0.824. The summed E-state index contributed by atoms with van der Waals surface area (Å²) in [6.45, 7) is 8.08. The Balaban J connectivity index is 1.97. The van der Waals surface area contributed by atoms with Crippen LogP contribution in [0.1, 0.15) is 68.8 Å². The van der Waals surface area contributed by atoms with Gasteiger partial charge >= 0.3 is 0 Å². The molecule has 1 aliphatic rings. The van der Waals surface area contributed by atoms with E-state index in [0.717, 1.165) is 24.3 Å². The molecule has 2 N–H and O–H groups in total. The summed E-state index contributed by atoms with van der Waals surface area (Å²) in [6, 6.07) is 7.20. The number of carbonyl (C=O) groups is 2. The molecule has 1 atom stereocenters. The second-order valence-corrected chi connectivity index (χ2v) is 7.64. The number of amides is 2. The molecule has 1 aliphatic carbocycles.